The van der Waals surface area contributed by atoms with Gasteiger partial charge >= 0.3 is 0 Å². The molecule has 0 radical (unpaired) electrons. The molecule has 4 bridgehead atoms. The van der Waals surface area contributed by atoms with Gasteiger partial charge in [0.25, 0.3) is 5.91 Å². The van der Waals surface area contributed by atoms with Crippen molar-refractivity contribution in [2.24, 2.45) is 11.8 Å². The molecule has 0 saturated heterocycles. The van der Waals surface area contributed by atoms with Crippen molar-refractivity contribution in [1.82, 2.24) is 15.1 Å². The van der Waals surface area contributed by atoms with E-state index in [0.717, 1.165) is 23.1 Å². The van der Waals surface area contributed by atoms with E-state index in [-0.39, 0.29) is 5.91 Å². The van der Waals surface area contributed by atoms with Crippen LogP contribution in [0.25, 0.3) is 5.69 Å². The second-order valence-electron chi connectivity index (χ2n) is 9.61. The number of nitrogens with zero attached hydrogens (tertiary/aromatic N) is 2. The molecule has 0 spiro atoms. The van der Waals surface area contributed by atoms with Crippen molar-refractivity contribution in [3.63, 3.8) is 0 Å². The number of nitrogens with one attached hydrogen (secondary N) is 1. The average Bonchev–Trinajstić information content (AvgIpc) is 3.10. The van der Waals surface area contributed by atoms with Gasteiger partial charge in [-0.3, -0.25) is 4.79 Å². The minimum absolute atomic E-state index is 0.116. The summed E-state index contributed by atoms with van der Waals surface area (Å²) in [5.74, 6) is 2.30. The summed E-state index contributed by atoms with van der Waals surface area (Å²) in [5, 5.41) is 9.36. The Balaban J connectivity index is 1.42. The van der Waals surface area contributed by atoms with Crippen LogP contribution in [0.2, 0.25) is 10.0 Å². The first-order chi connectivity index (χ1) is 15.6. The van der Waals surface area contributed by atoms with Crippen LogP contribution in [0.4, 0.5) is 0 Å². The summed E-state index contributed by atoms with van der Waals surface area (Å²) in [6.07, 6.45) is 6.12. The van der Waals surface area contributed by atoms with Crippen molar-refractivity contribution in [3.8, 4) is 5.69 Å². The average molecular weight is 466 g/mol. The van der Waals surface area contributed by atoms with Crippen LogP contribution in [-0.4, -0.2) is 15.7 Å². The van der Waals surface area contributed by atoms with Gasteiger partial charge in [-0.2, -0.15) is 5.10 Å². The fourth-order valence-electron chi connectivity index (χ4n) is 6.40. The number of rotatable bonds is 4. The summed E-state index contributed by atoms with van der Waals surface area (Å²) in [6, 6.07) is 15.4. The number of amides is 1. The minimum Gasteiger partial charge on any atom is -0.346 e. The maximum Gasteiger partial charge on any atom is 0.272 e. The smallest absolute Gasteiger partial charge is 0.272 e. The first-order valence-electron chi connectivity index (χ1n) is 11.5. The molecule has 6 heteroatoms. The zero-order valence-corrected chi connectivity index (χ0v) is 19.2. The van der Waals surface area contributed by atoms with E-state index in [4.69, 9.17) is 28.3 Å². The summed E-state index contributed by atoms with van der Waals surface area (Å²) >= 11 is 12.4. The van der Waals surface area contributed by atoms with E-state index in [1.807, 2.05) is 53.2 Å². The molecule has 4 nitrogen and oxygen atoms in total. The highest BCUT2D eigenvalue weighted by Gasteiger charge is 2.46. The fraction of sp³-hybridized carbons (Fsp3) is 0.385. The summed E-state index contributed by atoms with van der Waals surface area (Å²) in [5.41, 5.74) is 4.90. The number of aromatic nitrogens is 2. The number of carbonyl (C=O) groups excluding carboxylic acids is 1. The zero-order chi connectivity index (χ0) is 21.8. The van der Waals surface area contributed by atoms with Gasteiger partial charge in [0, 0.05) is 28.1 Å². The fourth-order valence-corrected chi connectivity index (χ4v) is 6.72. The summed E-state index contributed by atoms with van der Waals surface area (Å²) in [7, 11) is 0. The molecule has 3 aromatic rings. The number of carbonyl (C=O) groups is 1. The minimum atomic E-state index is -0.116. The number of hydrogen-bond donors (Lipinski definition) is 1. The summed E-state index contributed by atoms with van der Waals surface area (Å²) < 4.78 is 2.03. The lowest BCUT2D eigenvalue weighted by Gasteiger charge is -2.38. The van der Waals surface area contributed by atoms with Gasteiger partial charge in [-0.1, -0.05) is 41.4 Å². The highest BCUT2D eigenvalue weighted by Crippen LogP contribution is 2.57. The Morgan fingerprint density at radius 3 is 2.34 bits per heavy atom. The largest absolute Gasteiger partial charge is 0.346 e. The molecule has 1 amide bonds. The first-order valence-corrected chi connectivity index (χ1v) is 12.2. The van der Waals surface area contributed by atoms with Crippen molar-refractivity contribution < 1.29 is 4.79 Å². The van der Waals surface area contributed by atoms with Crippen LogP contribution in [0.15, 0.2) is 48.5 Å². The number of halogens is 2. The van der Waals surface area contributed by atoms with Crippen LogP contribution >= 0.6 is 23.2 Å². The molecule has 164 valence electrons. The molecule has 2 atom stereocenters. The monoisotopic (exact) mass is 465 g/mol. The molecule has 2 fully saturated rings. The van der Waals surface area contributed by atoms with Crippen molar-refractivity contribution in [2.75, 3.05) is 0 Å². The Morgan fingerprint density at radius 2 is 1.62 bits per heavy atom. The van der Waals surface area contributed by atoms with Gasteiger partial charge in [0.2, 0.25) is 0 Å². The lowest BCUT2D eigenvalue weighted by molar-refractivity contribution is 0.0942. The second-order valence-corrected chi connectivity index (χ2v) is 10.5. The molecular formula is C26H25Cl2N3O. The second kappa shape index (κ2) is 7.93. The van der Waals surface area contributed by atoms with Gasteiger partial charge in [-0.25, -0.2) is 4.68 Å². The molecule has 2 unspecified atom stereocenters. The third kappa shape index (κ3) is 3.45. The predicted molar refractivity (Wildman–Crippen MR) is 127 cm³/mol. The summed E-state index contributed by atoms with van der Waals surface area (Å²) in [6.45, 7) is 0.389. The van der Waals surface area contributed by atoms with E-state index in [1.165, 1.54) is 43.4 Å². The van der Waals surface area contributed by atoms with E-state index in [9.17, 15) is 4.79 Å². The zero-order valence-electron chi connectivity index (χ0n) is 17.7. The molecule has 2 saturated carbocycles. The molecule has 0 aliphatic heterocycles. The SMILES string of the molecule is O=C(NCc1ccccc1Cl)c1nn(-c2ccc(Cl)cc2)c2c1C1CC3CC(C1)CC2C3. The first kappa shape index (κ1) is 20.3. The Kier molecular flexibility index (Phi) is 5.03. The maximum absolute atomic E-state index is 13.4. The Bertz CT molecular complexity index is 1170. The van der Waals surface area contributed by atoms with E-state index in [2.05, 4.69) is 5.32 Å². The van der Waals surface area contributed by atoms with Gasteiger partial charge in [0.05, 0.1) is 11.4 Å². The van der Waals surface area contributed by atoms with Crippen LogP contribution in [-0.2, 0) is 6.54 Å². The highest BCUT2D eigenvalue weighted by atomic mass is 35.5. The lowest BCUT2D eigenvalue weighted by Crippen LogP contribution is -2.28. The van der Waals surface area contributed by atoms with Crippen molar-refractivity contribution in [2.45, 2.75) is 50.5 Å². The molecule has 1 N–H and O–H groups in total. The van der Waals surface area contributed by atoms with Gasteiger partial charge in [-0.05, 0) is 85.8 Å². The van der Waals surface area contributed by atoms with Crippen LogP contribution in [0.1, 0.15) is 71.2 Å². The van der Waals surface area contributed by atoms with Gasteiger partial charge in [-0.15, -0.1) is 0 Å². The van der Waals surface area contributed by atoms with Crippen molar-refractivity contribution in [1.29, 1.82) is 0 Å². The van der Waals surface area contributed by atoms with Crippen LogP contribution in [0.5, 0.6) is 0 Å². The molecule has 1 aromatic heterocycles. The van der Waals surface area contributed by atoms with Crippen LogP contribution in [0.3, 0.4) is 0 Å². The van der Waals surface area contributed by atoms with E-state index < -0.39 is 0 Å². The molecule has 4 aliphatic carbocycles. The third-order valence-corrected chi connectivity index (χ3v) is 8.20. The number of hydrogen-bond acceptors (Lipinski definition) is 2. The summed E-state index contributed by atoms with van der Waals surface area (Å²) in [4.78, 5) is 13.4. The highest BCUT2D eigenvalue weighted by molar-refractivity contribution is 6.31. The third-order valence-electron chi connectivity index (χ3n) is 7.58. The lowest BCUT2D eigenvalue weighted by atomic mass is 9.67. The maximum atomic E-state index is 13.4. The molecule has 4 aliphatic rings. The van der Waals surface area contributed by atoms with Crippen LogP contribution in [0, 0.1) is 11.8 Å². The van der Waals surface area contributed by atoms with Crippen molar-refractivity contribution >= 4 is 29.1 Å². The van der Waals surface area contributed by atoms with Crippen LogP contribution < -0.4 is 5.32 Å². The molecule has 7 rings (SSSR count). The Morgan fingerprint density at radius 1 is 0.938 bits per heavy atom. The topological polar surface area (TPSA) is 46.9 Å². The predicted octanol–water partition coefficient (Wildman–Crippen LogP) is 6.50. The van der Waals surface area contributed by atoms with Crippen molar-refractivity contribution in [3.05, 3.63) is 81.1 Å². The van der Waals surface area contributed by atoms with Gasteiger partial charge in [0.1, 0.15) is 0 Å². The molecular weight excluding hydrogens is 441 g/mol. The molecule has 1 heterocycles. The quantitative estimate of drug-likeness (QED) is 0.477. The van der Waals surface area contributed by atoms with E-state index >= 15 is 0 Å². The van der Waals surface area contributed by atoms with Gasteiger partial charge < -0.3 is 5.32 Å². The van der Waals surface area contributed by atoms with E-state index in [1.54, 1.807) is 0 Å². The normalized spacial score (nSPS) is 25.4. The number of benzene rings is 2. The standard InChI is InChI=1S/C26H25Cl2N3O/c27-20-5-7-21(8-6-20)31-25-19-12-15-9-16(13-19)11-18(10-15)23(25)24(30-31)26(32)29-14-17-3-1-2-4-22(17)28/h1-8,15-16,18-19H,9-14H2,(H,29,32). The Labute approximate surface area is 197 Å². The van der Waals surface area contributed by atoms with Gasteiger partial charge in [0.15, 0.2) is 5.69 Å². The molecule has 32 heavy (non-hydrogen) atoms. The molecule has 2 aromatic carbocycles. The van der Waals surface area contributed by atoms with E-state index in [0.29, 0.717) is 34.1 Å². The Hall–Kier alpha value is -2.30.